The van der Waals surface area contributed by atoms with Gasteiger partial charge in [-0.15, -0.1) is 0 Å². The fourth-order valence-corrected chi connectivity index (χ4v) is 2.81. The van der Waals surface area contributed by atoms with Gasteiger partial charge in [-0.1, -0.05) is 18.2 Å². The molecule has 0 aliphatic carbocycles. The number of likely N-dealkylation sites (tertiary alicyclic amines) is 1. The summed E-state index contributed by atoms with van der Waals surface area (Å²) in [4.78, 5) is 25.1. The zero-order chi connectivity index (χ0) is 14.1. The Morgan fingerprint density at radius 2 is 2.15 bits per heavy atom. The third kappa shape index (κ3) is 2.15. The van der Waals surface area contributed by atoms with E-state index in [2.05, 4.69) is 0 Å². The predicted molar refractivity (Wildman–Crippen MR) is 72.5 cm³/mol. The molecule has 1 aromatic heterocycles. The summed E-state index contributed by atoms with van der Waals surface area (Å²) in [5.74, 6) is -1.01. The number of nitrogens with zero attached hydrogens (tertiary/aromatic N) is 1. The zero-order valence-electron chi connectivity index (χ0n) is 10.9. The van der Waals surface area contributed by atoms with Crippen LogP contribution in [0.15, 0.2) is 34.9 Å². The SMILES string of the molecule is O=C(O)CC1CCCN1C(=O)c1coc2ccccc12. The van der Waals surface area contributed by atoms with Crippen molar-refractivity contribution in [2.75, 3.05) is 6.54 Å². The van der Waals surface area contributed by atoms with Crippen LogP contribution in [0.4, 0.5) is 0 Å². The van der Waals surface area contributed by atoms with Crippen molar-refractivity contribution in [1.29, 1.82) is 0 Å². The quantitative estimate of drug-likeness (QED) is 0.932. The fourth-order valence-electron chi connectivity index (χ4n) is 2.81. The molecule has 104 valence electrons. The molecular formula is C15H15NO4. The van der Waals surface area contributed by atoms with E-state index in [1.165, 1.54) is 6.26 Å². The summed E-state index contributed by atoms with van der Waals surface area (Å²) >= 11 is 0. The number of hydrogen-bond donors (Lipinski definition) is 1. The first-order chi connectivity index (χ1) is 9.66. The fraction of sp³-hybridized carbons (Fsp3) is 0.333. The van der Waals surface area contributed by atoms with E-state index in [4.69, 9.17) is 9.52 Å². The van der Waals surface area contributed by atoms with Crippen LogP contribution in [-0.4, -0.2) is 34.5 Å². The molecule has 0 spiro atoms. The highest BCUT2D eigenvalue weighted by Gasteiger charge is 2.32. The molecule has 1 amide bonds. The van der Waals surface area contributed by atoms with Gasteiger partial charge in [0.05, 0.1) is 12.0 Å². The number of carboxylic acids is 1. The van der Waals surface area contributed by atoms with Gasteiger partial charge in [0, 0.05) is 18.0 Å². The second kappa shape index (κ2) is 5.00. The first-order valence-corrected chi connectivity index (χ1v) is 6.66. The predicted octanol–water partition coefficient (Wildman–Crippen LogP) is 2.51. The third-order valence-electron chi connectivity index (χ3n) is 3.76. The molecule has 0 saturated carbocycles. The van der Waals surface area contributed by atoms with Crippen molar-refractivity contribution in [3.63, 3.8) is 0 Å². The summed E-state index contributed by atoms with van der Waals surface area (Å²) < 4.78 is 5.38. The molecule has 0 radical (unpaired) electrons. The number of benzene rings is 1. The lowest BCUT2D eigenvalue weighted by molar-refractivity contribution is -0.137. The number of carboxylic acid groups (broad SMARTS) is 1. The van der Waals surface area contributed by atoms with Crippen molar-refractivity contribution in [2.45, 2.75) is 25.3 Å². The van der Waals surface area contributed by atoms with Crippen molar-refractivity contribution in [1.82, 2.24) is 4.90 Å². The summed E-state index contributed by atoms with van der Waals surface area (Å²) in [5, 5.41) is 9.70. The van der Waals surface area contributed by atoms with Crippen molar-refractivity contribution in [2.24, 2.45) is 0 Å². The van der Waals surface area contributed by atoms with Crippen LogP contribution in [-0.2, 0) is 4.79 Å². The first kappa shape index (κ1) is 12.7. The summed E-state index contributed by atoms with van der Waals surface area (Å²) in [5.41, 5.74) is 1.18. The molecule has 0 bridgehead atoms. The molecule has 1 unspecified atom stereocenters. The number of carbonyl (C=O) groups excluding carboxylic acids is 1. The summed E-state index contributed by atoms with van der Waals surface area (Å²) in [6.45, 7) is 0.607. The maximum atomic E-state index is 12.6. The zero-order valence-corrected chi connectivity index (χ0v) is 10.9. The Morgan fingerprint density at radius 3 is 2.95 bits per heavy atom. The van der Waals surface area contributed by atoms with Gasteiger partial charge >= 0.3 is 5.97 Å². The monoisotopic (exact) mass is 273 g/mol. The molecule has 5 heteroatoms. The molecular weight excluding hydrogens is 258 g/mol. The van der Waals surface area contributed by atoms with Crippen LogP contribution >= 0.6 is 0 Å². The summed E-state index contributed by atoms with van der Waals surface area (Å²) in [7, 11) is 0. The Morgan fingerprint density at radius 1 is 1.35 bits per heavy atom. The molecule has 1 N–H and O–H groups in total. The molecule has 20 heavy (non-hydrogen) atoms. The van der Waals surface area contributed by atoms with Crippen LogP contribution < -0.4 is 0 Å². The van der Waals surface area contributed by atoms with E-state index in [9.17, 15) is 9.59 Å². The van der Waals surface area contributed by atoms with Gasteiger partial charge in [0.25, 0.3) is 5.91 Å². The number of hydrogen-bond acceptors (Lipinski definition) is 3. The number of carbonyl (C=O) groups is 2. The van der Waals surface area contributed by atoms with Crippen LogP contribution in [0.3, 0.4) is 0 Å². The number of amides is 1. The van der Waals surface area contributed by atoms with E-state index in [1.807, 2.05) is 24.3 Å². The van der Waals surface area contributed by atoms with Crippen LogP contribution in [0.25, 0.3) is 11.0 Å². The van der Waals surface area contributed by atoms with Gasteiger partial charge in [-0.3, -0.25) is 9.59 Å². The smallest absolute Gasteiger partial charge is 0.305 e. The van der Waals surface area contributed by atoms with Gasteiger partial charge in [-0.05, 0) is 18.9 Å². The number of fused-ring (bicyclic) bond motifs is 1. The summed E-state index contributed by atoms with van der Waals surface area (Å²) in [6.07, 6.45) is 3.05. The Bertz CT molecular complexity index is 661. The lowest BCUT2D eigenvalue weighted by Crippen LogP contribution is -2.36. The minimum absolute atomic E-state index is 0.00151. The molecule has 1 aromatic carbocycles. The molecule has 5 nitrogen and oxygen atoms in total. The molecule has 1 aliphatic rings. The molecule has 2 aromatic rings. The van der Waals surface area contributed by atoms with Crippen LogP contribution in [0.5, 0.6) is 0 Å². The van der Waals surface area contributed by atoms with Crippen LogP contribution in [0.1, 0.15) is 29.6 Å². The van der Waals surface area contributed by atoms with Gasteiger partial charge in [0.1, 0.15) is 11.8 Å². The largest absolute Gasteiger partial charge is 0.481 e. The normalized spacial score (nSPS) is 18.6. The lowest BCUT2D eigenvalue weighted by Gasteiger charge is -2.22. The number of rotatable bonds is 3. The Kier molecular flexibility index (Phi) is 3.18. The Balaban J connectivity index is 1.90. The van der Waals surface area contributed by atoms with Crippen molar-refractivity contribution in [3.05, 3.63) is 36.1 Å². The second-order valence-corrected chi connectivity index (χ2v) is 5.04. The summed E-state index contributed by atoms with van der Waals surface area (Å²) in [6, 6.07) is 7.14. The van der Waals surface area contributed by atoms with Crippen LogP contribution in [0.2, 0.25) is 0 Å². The first-order valence-electron chi connectivity index (χ1n) is 6.66. The average molecular weight is 273 g/mol. The van der Waals surface area contributed by atoms with Crippen molar-refractivity contribution in [3.8, 4) is 0 Å². The topological polar surface area (TPSA) is 70.8 Å². The van der Waals surface area contributed by atoms with E-state index in [1.54, 1.807) is 4.90 Å². The standard InChI is InChI=1S/C15H15NO4/c17-14(18)8-10-4-3-7-16(10)15(19)12-9-20-13-6-2-1-5-11(12)13/h1-2,5-6,9-10H,3-4,7-8H2,(H,17,18). The van der Waals surface area contributed by atoms with Gasteiger partial charge in [0.2, 0.25) is 0 Å². The number of para-hydroxylation sites is 1. The molecule has 1 aliphatic heterocycles. The Labute approximate surface area is 115 Å². The highest BCUT2D eigenvalue weighted by Crippen LogP contribution is 2.27. The number of furan rings is 1. The van der Waals surface area contributed by atoms with E-state index in [0.717, 1.165) is 18.2 Å². The molecule has 1 saturated heterocycles. The van der Waals surface area contributed by atoms with Gasteiger partial charge in [-0.2, -0.15) is 0 Å². The van der Waals surface area contributed by atoms with E-state index >= 15 is 0 Å². The highest BCUT2D eigenvalue weighted by atomic mass is 16.4. The minimum Gasteiger partial charge on any atom is -0.481 e. The van der Waals surface area contributed by atoms with Gasteiger partial charge < -0.3 is 14.4 Å². The molecule has 3 rings (SSSR count). The lowest BCUT2D eigenvalue weighted by atomic mass is 10.1. The van der Waals surface area contributed by atoms with Gasteiger partial charge in [0.15, 0.2) is 0 Å². The maximum Gasteiger partial charge on any atom is 0.305 e. The molecule has 2 heterocycles. The van der Waals surface area contributed by atoms with E-state index in [-0.39, 0.29) is 18.4 Å². The van der Waals surface area contributed by atoms with Crippen molar-refractivity contribution >= 4 is 22.8 Å². The second-order valence-electron chi connectivity index (χ2n) is 5.04. The van der Waals surface area contributed by atoms with Gasteiger partial charge in [-0.25, -0.2) is 0 Å². The van der Waals surface area contributed by atoms with Crippen LogP contribution in [0, 0.1) is 0 Å². The minimum atomic E-state index is -0.869. The highest BCUT2D eigenvalue weighted by molar-refractivity contribution is 6.06. The van der Waals surface area contributed by atoms with E-state index in [0.29, 0.717) is 17.7 Å². The number of aliphatic carboxylic acids is 1. The Hall–Kier alpha value is -2.30. The third-order valence-corrected chi connectivity index (χ3v) is 3.76. The average Bonchev–Trinajstić information content (AvgIpc) is 3.03. The maximum absolute atomic E-state index is 12.6. The van der Waals surface area contributed by atoms with E-state index < -0.39 is 5.97 Å². The molecule has 1 atom stereocenters. The van der Waals surface area contributed by atoms with Crippen molar-refractivity contribution < 1.29 is 19.1 Å². The molecule has 1 fully saturated rings.